The predicted molar refractivity (Wildman–Crippen MR) is 109 cm³/mol. The van der Waals surface area contributed by atoms with Crippen molar-refractivity contribution in [2.45, 2.75) is 13.1 Å². The van der Waals surface area contributed by atoms with Crippen LogP contribution in [0, 0.1) is 0 Å². The van der Waals surface area contributed by atoms with Crippen LogP contribution in [0.25, 0.3) is 0 Å². The molecular weight excluding hydrogens is 352 g/mol. The third kappa shape index (κ3) is 4.28. The van der Waals surface area contributed by atoms with Crippen LogP contribution in [-0.2, 0) is 13.1 Å². The summed E-state index contributed by atoms with van der Waals surface area (Å²) >= 11 is 0. The highest BCUT2D eigenvalue weighted by molar-refractivity contribution is 5.78. The minimum Gasteiger partial charge on any atom is -0.370 e. The summed E-state index contributed by atoms with van der Waals surface area (Å²) in [6.07, 6.45) is 9.12. The largest absolute Gasteiger partial charge is 0.370 e. The molecular formula is C20H24N8. The van der Waals surface area contributed by atoms with Crippen LogP contribution < -0.4 is 10.6 Å². The zero-order chi connectivity index (χ0) is 19.2. The molecule has 1 fully saturated rings. The molecule has 0 radical (unpaired) electrons. The molecule has 144 valence electrons. The summed E-state index contributed by atoms with van der Waals surface area (Å²) in [4.78, 5) is 21.7. The van der Waals surface area contributed by atoms with E-state index in [9.17, 15) is 0 Å². The second kappa shape index (κ2) is 8.51. The summed E-state index contributed by atoms with van der Waals surface area (Å²) in [6, 6.07) is 10.1. The molecule has 0 unspecified atom stereocenters. The Kier molecular flexibility index (Phi) is 5.46. The van der Waals surface area contributed by atoms with Crippen LogP contribution in [0.15, 0.2) is 66.4 Å². The van der Waals surface area contributed by atoms with Gasteiger partial charge in [0.2, 0.25) is 5.95 Å². The first-order chi connectivity index (χ1) is 13.8. The van der Waals surface area contributed by atoms with E-state index in [0.29, 0.717) is 12.5 Å². The zero-order valence-corrected chi connectivity index (χ0v) is 15.7. The van der Waals surface area contributed by atoms with Crippen molar-refractivity contribution in [2.24, 2.45) is 10.7 Å². The Balaban J connectivity index is 1.37. The fraction of sp³-hybridized carbons (Fsp3) is 0.300. The molecule has 4 rings (SSSR count). The molecule has 1 saturated heterocycles. The molecule has 0 aliphatic carbocycles. The van der Waals surface area contributed by atoms with Gasteiger partial charge in [0.25, 0.3) is 0 Å². The Hall–Kier alpha value is -3.42. The van der Waals surface area contributed by atoms with Gasteiger partial charge >= 0.3 is 0 Å². The van der Waals surface area contributed by atoms with Gasteiger partial charge in [0.05, 0.1) is 12.9 Å². The zero-order valence-electron chi connectivity index (χ0n) is 15.7. The van der Waals surface area contributed by atoms with Gasteiger partial charge in [-0.25, -0.2) is 19.9 Å². The molecule has 8 heteroatoms. The Morgan fingerprint density at radius 1 is 0.964 bits per heavy atom. The lowest BCUT2D eigenvalue weighted by atomic mass is 10.1. The van der Waals surface area contributed by atoms with Gasteiger partial charge in [0.1, 0.15) is 0 Å². The van der Waals surface area contributed by atoms with E-state index in [1.165, 1.54) is 11.1 Å². The maximum atomic E-state index is 6.28. The van der Waals surface area contributed by atoms with E-state index in [4.69, 9.17) is 5.73 Å². The first-order valence-corrected chi connectivity index (χ1v) is 9.39. The lowest BCUT2D eigenvalue weighted by Gasteiger charge is -2.35. The Labute approximate surface area is 164 Å². The number of hydrogen-bond donors (Lipinski definition) is 1. The number of nitrogens with zero attached hydrogens (tertiary/aromatic N) is 7. The Bertz CT molecular complexity index is 899. The number of imidazole rings is 1. The number of aliphatic imine (C=N–C) groups is 1. The van der Waals surface area contributed by atoms with Gasteiger partial charge in [0.15, 0.2) is 5.96 Å². The van der Waals surface area contributed by atoms with Crippen molar-refractivity contribution in [1.82, 2.24) is 24.4 Å². The van der Waals surface area contributed by atoms with Crippen LogP contribution >= 0.6 is 0 Å². The van der Waals surface area contributed by atoms with Gasteiger partial charge in [-0.15, -0.1) is 0 Å². The van der Waals surface area contributed by atoms with Crippen LogP contribution in [-0.4, -0.2) is 56.6 Å². The van der Waals surface area contributed by atoms with Gasteiger partial charge in [-0.3, -0.25) is 0 Å². The van der Waals surface area contributed by atoms with Gasteiger partial charge in [0, 0.05) is 57.5 Å². The SMILES string of the molecule is NC(=NCc1ccccc1Cn1ccnc1)N1CCN(c2ncccn2)CC1. The van der Waals surface area contributed by atoms with E-state index in [-0.39, 0.29) is 0 Å². The molecule has 3 aromatic rings. The molecule has 2 N–H and O–H groups in total. The molecule has 28 heavy (non-hydrogen) atoms. The van der Waals surface area contributed by atoms with Crippen LogP contribution in [0.5, 0.6) is 0 Å². The van der Waals surface area contributed by atoms with Crippen molar-refractivity contribution in [1.29, 1.82) is 0 Å². The Morgan fingerprint density at radius 3 is 2.43 bits per heavy atom. The summed E-state index contributed by atoms with van der Waals surface area (Å²) in [5.74, 6) is 1.36. The number of guanidine groups is 1. The van der Waals surface area contributed by atoms with Crippen molar-refractivity contribution in [2.75, 3.05) is 31.1 Å². The summed E-state index contributed by atoms with van der Waals surface area (Å²) in [7, 11) is 0. The van der Waals surface area contributed by atoms with E-state index in [2.05, 4.69) is 46.4 Å². The first kappa shape index (κ1) is 18.0. The van der Waals surface area contributed by atoms with Crippen molar-refractivity contribution >= 4 is 11.9 Å². The van der Waals surface area contributed by atoms with Crippen LogP contribution in [0.1, 0.15) is 11.1 Å². The number of piperazine rings is 1. The number of benzene rings is 1. The third-order valence-electron chi connectivity index (χ3n) is 4.88. The Morgan fingerprint density at radius 2 is 1.71 bits per heavy atom. The first-order valence-electron chi connectivity index (χ1n) is 9.39. The topological polar surface area (TPSA) is 88.5 Å². The number of hydrogen-bond acceptors (Lipinski definition) is 5. The minimum atomic E-state index is 0.568. The van der Waals surface area contributed by atoms with Crippen LogP contribution in [0.3, 0.4) is 0 Å². The average Bonchev–Trinajstić information content (AvgIpc) is 3.27. The highest BCUT2D eigenvalue weighted by Crippen LogP contribution is 2.13. The van der Waals surface area contributed by atoms with Crippen molar-refractivity contribution in [3.05, 3.63) is 72.6 Å². The molecule has 3 heterocycles. The molecule has 0 spiro atoms. The number of aromatic nitrogens is 4. The minimum absolute atomic E-state index is 0.568. The molecule has 1 aromatic carbocycles. The predicted octanol–water partition coefficient (Wildman–Crippen LogP) is 1.36. The number of anilines is 1. The van der Waals surface area contributed by atoms with E-state index in [0.717, 1.165) is 38.7 Å². The second-order valence-corrected chi connectivity index (χ2v) is 6.70. The smallest absolute Gasteiger partial charge is 0.225 e. The van der Waals surface area contributed by atoms with Crippen LogP contribution in [0.4, 0.5) is 5.95 Å². The summed E-state index contributed by atoms with van der Waals surface area (Å²) < 4.78 is 2.05. The van der Waals surface area contributed by atoms with E-state index < -0.39 is 0 Å². The number of rotatable bonds is 5. The fourth-order valence-corrected chi connectivity index (χ4v) is 3.30. The molecule has 1 aliphatic rings. The maximum absolute atomic E-state index is 6.28. The monoisotopic (exact) mass is 376 g/mol. The van der Waals surface area contributed by atoms with Crippen LogP contribution in [0.2, 0.25) is 0 Å². The summed E-state index contributed by atoms with van der Waals surface area (Å²) in [5.41, 5.74) is 8.68. The fourth-order valence-electron chi connectivity index (χ4n) is 3.30. The van der Waals surface area contributed by atoms with E-state index in [1.54, 1.807) is 18.6 Å². The standard InChI is InChI=1S/C20H24N8/c21-19(27-10-12-28(13-11-27)20-23-6-3-7-24-20)25-14-17-4-1-2-5-18(17)15-26-9-8-22-16-26/h1-9,16H,10-15H2,(H2,21,25). The molecule has 8 nitrogen and oxygen atoms in total. The highest BCUT2D eigenvalue weighted by Gasteiger charge is 2.19. The summed E-state index contributed by atoms with van der Waals surface area (Å²) in [5, 5.41) is 0. The quantitative estimate of drug-likeness (QED) is 0.534. The lowest BCUT2D eigenvalue weighted by molar-refractivity contribution is 0.378. The molecule has 0 saturated carbocycles. The molecule has 1 aliphatic heterocycles. The van der Waals surface area contributed by atoms with E-state index in [1.807, 2.05) is 30.7 Å². The van der Waals surface area contributed by atoms with Gasteiger partial charge < -0.3 is 20.1 Å². The third-order valence-corrected chi connectivity index (χ3v) is 4.88. The van der Waals surface area contributed by atoms with E-state index >= 15 is 0 Å². The van der Waals surface area contributed by atoms with Gasteiger partial charge in [-0.2, -0.15) is 0 Å². The van der Waals surface area contributed by atoms with Crippen molar-refractivity contribution in [3.63, 3.8) is 0 Å². The van der Waals surface area contributed by atoms with Crippen molar-refractivity contribution < 1.29 is 0 Å². The molecule has 0 amide bonds. The highest BCUT2D eigenvalue weighted by atomic mass is 15.3. The number of nitrogens with two attached hydrogens (primary N) is 1. The molecule has 0 bridgehead atoms. The average molecular weight is 376 g/mol. The second-order valence-electron chi connectivity index (χ2n) is 6.70. The maximum Gasteiger partial charge on any atom is 0.225 e. The van der Waals surface area contributed by atoms with Crippen molar-refractivity contribution in [3.8, 4) is 0 Å². The molecule has 2 aromatic heterocycles. The normalized spacial score (nSPS) is 15.1. The lowest BCUT2D eigenvalue weighted by Crippen LogP contribution is -2.51. The van der Waals surface area contributed by atoms with Gasteiger partial charge in [-0.1, -0.05) is 24.3 Å². The summed E-state index contributed by atoms with van der Waals surface area (Å²) in [6.45, 7) is 4.63. The molecule has 0 atom stereocenters. The van der Waals surface area contributed by atoms with Gasteiger partial charge in [-0.05, 0) is 17.2 Å².